The van der Waals surface area contributed by atoms with Gasteiger partial charge in [0.25, 0.3) is 11.7 Å². The van der Waals surface area contributed by atoms with E-state index in [2.05, 4.69) is 4.98 Å². The van der Waals surface area contributed by atoms with Gasteiger partial charge in [0.15, 0.2) is 5.88 Å². The molecule has 1 aliphatic heterocycles. The lowest BCUT2D eigenvalue weighted by Crippen LogP contribution is -2.28. The number of carbonyl (C=O) groups excluding carboxylic acids is 2. The first-order valence-corrected chi connectivity index (χ1v) is 9.83. The summed E-state index contributed by atoms with van der Waals surface area (Å²) in [6.45, 7) is 0.245. The number of aliphatic hydroxyl groups is 1. The number of hydrogen-bond donors (Lipinski definition) is 1. The third-order valence-electron chi connectivity index (χ3n) is 4.70. The second kappa shape index (κ2) is 7.56. The average Bonchev–Trinajstić information content (AvgIpc) is 3.45. The van der Waals surface area contributed by atoms with Crippen molar-refractivity contribution in [3.63, 3.8) is 0 Å². The van der Waals surface area contributed by atoms with Crippen LogP contribution in [0.3, 0.4) is 0 Å². The molecule has 29 heavy (non-hydrogen) atoms. The highest BCUT2D eigenvalue weighted by molar-refractivity contribution is 7.09. The zero-order valence-electron chi connectivity index (χ0n) is 15.9. The Labute approximate surface area is 171 Å². The summed E-state index contributed by atoms with van der Waals surface area (Å²) in [6.07, 6.45) is 3.02. The number of carbonyl (C=O) groups is 2. The first-order valence-electron chi connectivity index (χ1n) is 8.95. The van der Waals surface area contributed by atoms with E-state index >= 15 is 0 Å². The summed E-state index contributed by atoms with van der Waals surface area (Å²) in [6, 6.07) is 9.75. The highest BCUT2D eigenvalue weighted by Gasteiger charge is 2.47. The van der Waals surface area contributed by atoms with Crippen molar-refractivity contribution in [2.24, 2.45) is 0 Å². The van der Waals surface area contributed by atoms with E-state index in [9.17, 15) is 14.7 Å². The minimum absolute atomic E-state index is 0.000729. The summed E-state index contributed by atoms with van der Waals surface area (Å²) in [5.41, 5.74) is 0.366. The van der Waals surface area contributed by atoms with E-state index in [1.807, 2.05) is 31.6 Å². The standard InChI is InChI=1S/C21H19N3O4S/c1-23(2)16-8-7-15(28-16)18-17(19(25)13-5-3-9-22-11-13)20(26)21(27)24(18)12-14-6-4-10-29-14/h3-11,18,25H,12H2,1-2H3/b19-17+. The molecular formula is C21H19N3O4S. The first kappa shape index (κ1) is 18.9. The molecular weight excluding hydrogens is 390 g/mol. The average molecular weight is 409 g/mol. The molecule has 0 radical (unpaired) electrons. The number of pyridine rings is 1. The molecule has 1 fully saturated rings. The smallest absolute Gasteiger partial charge is 0.296 e. The second-order valence-corrected chi connectivity index (χ2v) is 7.85. The molecule has 8 heteroatoms. The van der Waals surface area contributed by atoms with Crippen LogP contribution in [0.2, 0.25) is 0 Å². The van der Waals surface area contributed by atoms with Gasteiger partial charge in [0.05, 0.1) is 12.1 Å². The Balaban J connectivity index is 1.85. The fourth-order valence-electron chi connectivity index (χ4n) is 3.30. The molecule has 0 saturated carbocycles. The summed E-state index contributed by atoms with van der Waals surface area (Å²) in [7, 11) is 3.67. The Morgan fingerprint density at radius 2 is 2.07 bits per heavy atom. The van der Waals surface area contributed by atoms with Crippen LogP contribution >= 0.6 is 11.3 Å². The predicted octanol–water partition coefficient (Wildman–Crippen LogP) is 3.42. The monoisotopic (exact) mass is 409 g/mol. The van der Waals surface area contributed by atoms with Crippen molar-refractivity contribution in [3.05, 3.63) is 75.9 Å². The van der Waals surface area contributed by atoms with Gasteiger partial charge in [-0.3, -0.25) is 14.6 Å². The molecule has 0 bridgehead atoms. The fourth-order valence-corrected chi connectivity index (χ4v) is 4.00. The molecule has 3 aromatic heterocycles. The lowest BCUT2D eigenvalue weighted by molar-refractivity contribution is -0.140. The number of amides is 1. The van der Waals surface area contributed by atoms with E-state index in [0.29, 0.717) is 17.2 Å². The van der Waals surface area contributed by atoms with Crippen LogP contribution in [0.5, 0.6) is 0 Å². The van der Waals surface area contributed by atoms with Gasteiger partial charge < -0.3 is 19.3 Å². The van der Waals surface area contributed by atoms with Crippen molar-refractivity contribution in [1.29, 1.82) is 0 Å². The van der Waals surface area contributed by atoms with Gasteiger partial charge in [-0.2, -0.15) is 0 Å². The molecule has 1 aliphatic rings. The summed E-state index contributed by atoms with van der Waals surface area (Å²) >= 11 is 1.49. The lowest BCUT2D eigenvalue weighted by atomic mass is 10.00. The maximum atomic E-state index is 12.9. The zero-order valence-corrected chi connectivity index (χ0v) is 16.7. The van der Waals surface area contributed by atoms with Crippen LogP contribution < -0.4 is 4.90 Å². The van der Waals surface area contributed by atoms with Crippen LogP contribution in [0.1, 0.15) is 22.2 Å². The minimum atomic E-state index is -0.828. The van der Waals surface area contributed by atoms with E-state index in [0.717, 1.165) is 4.88 Å². The van der Waals surface area contributed by atoms with Gasteiger partial charge in [0.2, 0.25) is 0 Å². The minimum Gasteiger partial charge on any atom is -0.507 e. The summed E-state index contributed by atoms with van der Waals surface area (Å²) in [4.78, 5) is 33.9. The molecule has 0 spiro atoms. The number of anilines is 1. The molecule has 1 unspecified atom stereocenters. The number of hydrogen-bond acceptors (Lipinski definition) is 7. The number of aliphatic hydroxyl groups excluding tert-OH is 1. The largest absolute Gasteiger partial charge is 0.507 e. The van der Waals surface area contributed by atoms with Gasteiger partial charge in [-0.05, 0) is 29.6 Å². The van der Waals surface area contributed by atoms with Crippen molar-refractivity contribution < 1.29 is 19.1 Å². The van der Waals surface area contributed by atoms with Crippen molar-refractivity contribution in [3.8, 4) is 0 Å². The summed E-state index contributed by atoms with van der Waals surface area (Å²) < 4.78 is 5.91. The molecule has 1 saturated heterocycles. The Hall–Kier alpha value is -3.39. The third-order valence-corrected chi connectivity index (χ3v) is 5.57. The molecule has 148 valence electrons. The van der Waals surface area contributed by atoms with E-state index < -0.39 is 17.7 Å². The molecule has 1 N–H and O–H groups in total. The second-order valence-electron chi connectivity index (χ2n) is 6.82. The predicted molar refractivity (Wildman–Crippen MR) is 109 cm³/mol. The van der Waals surface area contributed by atoms with E-state index in [4.69, 9.17) is 4.42 Å². The van der Waals surface area contributed by atoms with Gasteiger partial charge in [-0.25, -0.2) is 0 Å². The number of furan rings is 1. The Kier molecular flexibility index (Phi) is 4.94. The lowest BCUT2D eigenvalue weighted by Gasteiger charge is -2.22. The molecule has 4 heterocycles. The zero-order chi connectivity index (χ0) is 20.5. The number of Topliss-reactive ketones (excluding diaryl/α,β-unsaturated/α-hetero) is 1. The molecule has 1 atom stereocenters. The summed E-state index contributed by atoms with van der Waals surface area (Å²) in [5, 5.41) is 12.8. The fraction of sp³-hybridized carbons (Fsp3) is 0.190. The van der Waals surface area contributed by atoms with Crippen LogP contribution in [0.15, 0.2) is 64.2 Å². The van der Waals surface area contributed by atoms with Crippen LogP contribution in [-0.2, 0) is 16.1 Å². The number of likely N-dealkylation sites (tertiary alicyclic amines) is 1. The van der Waals surface area contributed by atoms with Gasteiger partial charge in [0.1, 0.15) is 17.6 Å². The third kappa shape index (κ3) is 3.42. The quantitative estimate of drug-likeness (QED) is 0.395. The molecule has 1 amide bonds. The number of thiophene rings is 1. The van der Waals surface area contributed by atoms with E-state index in [1.54, 1.807) is 35.4 Å². The normalized spacial score (nSPS) is 18.4. The van der Waals surface area contributed by atoms with Crippen molar-refractivity contribution in [2.75, 3.05) is 19.0 Å². The van der Waals surface area contributed by atoms with Crippen molar-refractivity contribution in [2.45, 2.75) is 12.6 Å². The number of ketones is 1. The Bertz CT molecular complexity index is 1070. The molecule has 7 nitrogen and oxygen atoms in total. The maximum Gasteiger partial charge on any atom is 0.296 e. The maximum absolute atomic E-state index is 12.9. The van der Waals surface area contributed by atoms with Crippen molar-refractivity contribution in [1.82, 2.24) is 9.88 Å². The van der Waals surface area contributed by atoms with Gasteiger partial charge in [0, 0.05) is 43.0 Å². The van der Waals surface area contributed by atoms with Crippen LogP contribution in [0, 0.1) is 0 Å². The molecule has 4 rings (SSSR count). The molecule has 0 aliphatic carbocycles. The van der Waals surface area contributed by atoms with Crippen molar-refractivity contribution >= 4 is 34.7 Å². The number of rotatable bonds is 5. The van der Waals surface area contributed by atoms with Crippen LogP contribution in [0.25, 0.3) is 5.76 Å². The van der Waals surface area contributed by atoms with Gasteiger partial charge in [-0.1, -0.05) is 6.07 Å². The number of nitrogens with zero attached hydrogens (tertiary/aromatic N) is 3. The van der Waals surface area contributed by atoms with Crippen LogP contribution in [-0.4, -0.2) is 40.8 Å². The Morgan fingerprint density at radius 3 is 2.69 bits per heavy atom. The highest BCUT2D eigenvalue weighted by Crippen LogP contribution is 2.41. The highest BCUT2D eigenvalue weighted by atomic mass is 32.1. The Morgan fingerprint density at radius 1 is 1.24 bits per heavy atom. The molecule has 3 aromatic rings. The van der Waals surface area contributed by atoms with Gasteiger partial charge in [-0.15, -0.1) is 11.3 Å². The van der Waals surface area contributed by atoms with E-state index in [-0.39, 0.29) is 17.9 Å². The van der Waals surface area contributed by atoms with E-state index in [1.165, 1.54) is 22.4 Å². The SMILES string of the molecule is CN(C)c1ccc(C2/C(=C(\O)c3cccnc3)C(=O)C(=O)N2Cc2cccs2)o1. The first-order chi connectivity index (χ1) is 14.0. The van der Waals surface area contributed by atoms with Crippen LogP contribution in [0.4, 0.5) is 5.88 Å². The number of aromatic nitrogens is 1. The summed E-state index contributed by atoms with van der Waals surface area (Å²) in [5.74, 6) is -0.678. The topological polar surface area (TPSA) is 86.9 Å². The molecule has 0 aromatic carbocycles. The van der Waals surface area contributed by atoms with Gasteiger partial charge >= 0.3 is 0 Å².